The van der Waals surface area contributed by atoms with Gasteiger partial charge in [-0.05, 0) is 36.6 Å². The number of ether oxygens (including phenoxy) is 2. The lowest BCUT2D eigenvalue weighted by atomic mass is 9.96. The highest BCUT2D eigenvalue weighted by molar-refractivity contribution is 7.89. The smallest absolute Gasteiger partial charge is 0.328 e. The summed E-state index contributed by atoms with van der Waals surface area (Å²) in [5.74, 6) is -0.776. The molecule has 0 amide bonds. The summed E-state index contributed by atoms with van der Waals surface area (Å²) in [6.45, 7) is 0. The summed E-state index contributed by atoms with van der Waals surface area (Å²) in [7, 11) is 0.538. The molecule has 0 heterocycles. The fraction of sp³-hybridized carbons (Fsp3) is 0.500. The number of sulfonamides is 1. The van der Waals surface area contributed by atoms with Gasteiger partial charge in [-0.25, -0.2) is 13.2 Å². The molecule has 7 nitrogen and oxygen atoms in total. The van der Waals surface area contributed by atoms with Crippen LogP contribution in [0.5, 0.6) is 11.5 Å². The van der Waals surface area contributed by atoms with Gasteiger partial charge in [0.1, 0.15) is 4.90 Å². The number of aliphatic carboxylic acids is 1. The molecule has 1 N–H and O–H groups in total. The molecule has 144 valence electrons. The maximum absolute atomic E-state index is 13.2. The van der Waals surface area contributed by atoms with E-state index in [1.807, 2.05) is 0 Å². The van der Waals surface area contributed by atoms with Gasteiger partial charge in [-0.3, -0.25) is 0 Å². The Labute approximate surface area is 154 Å². The van der Waals surface area contributed by atoms with Crippen LogP contribution < -0.4 is 9.47 Å². The van der Waals surface area contributed by atoms with Gasteiger partial charge in [0, 0.05) is 19.2 Å². The van der Waals surface area contributed by atoms with Crippen molar-refractivity contribution < 1.29 is 27.8 Å². The van der Waals surface area contributed by atoms with E-state index >= 15 is 0 Å². The van der Waals surface area contributed by atoms with Crippen molar-refractivity contribution in [1.29, 1.82) is 0 Å². The van der Waals surface area contributed by atoms with Crippen LogP contribution >= 0.6 is 0 Å². The summed E-state index contributed by atoms with van der Waals surface area (Å²) in [6.07, 6.45) is 7.06. The van der Waals surface area contributed by atoms with E-state index in [0.29, 0.717) is 5.56 Å². The molecule has 1 aliphatic carbocycles. The quantitative estimate of drug-likeness (QED) is 0.728. The molecule has 0 unspecified atom stereocenters. The Bertz CT molecular complexity index is 781. The number of carboxylic acids is 1. The molecule has 0 spiro atoms. The Morgan fingerprint density at radius 2 is 1.85 bits per heavy atom. The average molecular weight is 383 g/mol. The van der Waals surface area contributed by atoms with Crippen LogP contribution in [0.15, 0.2) is 23.1 Å². The van der Waals surface area contributed by atoms with Gasteiger partial charge in [0.2, 0.25) is 10.0 Å². The largest absolute Gasteiger partial charge is 0.493 e. The second kappa shape index (κ2) is 8.55. The Morgan fingerprint density at radius 1 is 1.19 bits per heavy atom. The molecule has 1 aliphatic rings. The second-order valence-electron chi connectivity index (χ2n) is 6.24. The normalized spacial score (nSPS) is 16.2. The molecule has 1 saturated carbocycles. The van der Waals surface area contributed by atoms with Crippen molar-refractivity contribution in [1.82, 2.24) is 4.31 Å². The molecule has 0 bridgehead atoms. The lowest BCUT2D eigenvalue weighted by Gasteiger charge is -2.31. The number of methoxy groups -OCH3 is 2. The van der Waals surface area contributed by atoms with Crippen LogP contribution in [-0.4, -0.2) is 51.1 Å². The van der Waals surface area contributed by atoms with Gasteiger partial charge in [0.25, 0.3) is 0 Å². The molecule has 2 rings (SSSR count). The third kappa shape index (κ3) is 4.37. The molecule has 1 fully saturated rings. The lowest BCUT2D eigenvalue weighted by Crippen LogP contribution is -2.38. The SMILES string of the molecule is COc1cc(/C=C/C(=O)O)cc(S(=O)(=O)N(C)C2CCCCC2)c1OC. The van der Waals surface area contributed by atoms with E-state index in [1.54, 1.807) is 7.05 Å². The predicted octanol–water partition coefficient (Wildman–Crippen LogP) is 2.75. The molecule has 1 aromatic rings. The number of carbonyl (C=O) groups is 1. The van der Waals surface area contributed by atoms with Crippen LogP contribution in [0.4, 0.5) is 0 Å². The number of hydrogen-bond acceptors (Lipinski definition) is 5. The number of carboxylic acid groups (broad SMARTS) is 1. The Balaban J connectivity index is 2.53. The van der Waals surface area contributed by atoms with E-state index in [1.165, 1.54) is 36.7 Å². The van der Waals surface area contributed by atoms with Crippen LogP contribution in [0.3, 0.4) is 0 Å². The topological polar surface area (TPSA) is 93.1 Å². The standard InChI is InChI=1S/C18H25NO6S/c1-19(14-7-5-4-6-8-14)26(22,23)16-12-13(9-10-17(20)21)11-15(24-2)18(16)25-3/h9-12,14H,4-8H2,1-3H3,(H,20,21)/b10-9+. The maximum Gasteiger partial charge on any atom is 0.328 e. The van der Waals surface area contributed by atoms with Gasteiger partial charge < -0.3 is 14.6 Å². The highest BCUT2D eigenvalue weighted by atomic mass is 32.2. The third-order valence-corrected chi connectivity index (χ3v) is 6.55. The van der Waals surface area contributed by atoms with E-state index in [9.17, 15) is 13.2 Å². The molecule has 26 heavy (non-hydrogen) atoms. The number of rotatable bonds is 7. The fourth-order valence-corrected chi connectivity index (χ4v) is 4.82. The van der Waals surface area contributed by atoms with Gasteiger partial charge in [-0.1, -0.05) is 19.3 Å². The monoisotopic (exact) mass is 383 g/mol. The van der Waals surface area contributed by atoms with Gasteiger partial charge in [-0.2, -0.15) is 4.31 Å². The zero-order chi connectivity index (χ0) is 19.3. The lowest BCUT2D eigenvalue weighted by molar-refractivity contribution is -0.131. The van der Waals surface area contributed by atoms with Crippen LogP contribution in [0, 0.1) is 0 Å². The van der Waals surface area contributed by atoms with E-state index in [4.69, 9.17) is 14.6 Å². The molecule has 0 radical (unpaired) electrons. The minimum absolute atomic E-state index is 0.0301. The zero-order valence-corrected chi connectivity index (χ0v) is 16.1. The van der Waals surface area contributed by atoms with Gasteiger partial charge in [0.15, 0.2) is 11.5 Å². The Hall–Kier alpha value is -2.06. The third-order valence-electron chi connectivity index (χ3n) is 4.63. The summed E-state index contributed by atoms with van der Waals surface area (Å²) in [5, 5.41) is 8.82. The number of hydrogen-bond donors (Lipinski definition) is 1. The molecular formula is C18H25NO6S. The van der Waals surface area contributed by atoms with Crippen LogP contribution in [0.25, 0.3) is 6.08 Å². The minimum Gasteiger partial charge on any atom is -0.493 e. The first-order chi connectivity index (χ1) is 12.3. The first-order valence-electron chi connectivity index (χ1n) is 8.46. The van der Waals surface area contributed by atoms with E-state index in [-0.39, 0.29) is 22.4 Å². The molecule has 0 aromatic heterocycles. The summed E-state index contributed by atoms with van der Waals surface area (Å²) < 4.78 is 38.4. The first-order valence-corrected chi connectivity index (χ1v) is 9.90. The van der Waals surface area contributed by atoms with Crippen LogP contribution in [0.1, 0.15) is 37.7 Å². The van der Waals surface area contributed by atoms with E-state index < -0.39 is 16.0 Å². The Kier molecular flexibility index (Phi) is 6.66. The van der Waals surface area contributed by atoms with Crippen LogP contribution in [-0.2, 0) is 14.8 Å². The van der Waals surface area contributed by atoms with E-state index in [0.717, 1.165) is 38.2 Å². The van der Waals surface area contributed by atoms with Crippen molar-refractivity contribution in [2.24, 2.45) is 0 Å². The number of nitrogens with zero attached hydrogens (tertiary/aromatic N) is 1. The van der Waals surface area contributed by atoms with Crippen molar-refractivity contribution in [3.63, 3.8) is 0 Å². The maximum atomic E-state index is 13.2. The summed E-state index contributed by atoms with van der Waals surface area (Å²) >= 11 is 0. The molecule has 0 atom stereocenters. The van der Waals surface area contributed by atoms with Gasteiger partial charge in [-0.15, -0.1) is 0 Å². The number of benzene rings is 1. The Morgan fingerprint density at radius 3 is 2.38 bits per heavy atom. The molecule has 1 aromatic carbocycles. The summed E-state index contributed by atoms with van der Waals surface area (Å²) in [4.78, 5) is 10.7. The summed E-state index contributed by atoms with van der Waals surface area (Å²) in [5.41, 5.74) is 0.403. The average Bonchev–Trinajstić information content (AvgIpc) is 2.65. The predicted molar refractivity (Wildman–Crippen MR) is 98.0 cm³/mol. The van der Waals surface area contributed by atoms with Crippen molar-refractivity contribution in [3.05, 3.63) is 23.8 Å². The minimum atomic E-state index is -3.83. The molecule has 8 heteroatoms. The van der Waals surface area contributed by atoms with Crippen molar-refractivity contribution >= 4 is 22.1 Å². The first kappa shape index (κ1) is 20.3. The van der Waals surface area contributed by atoms with Crippen LogP contribution in [0.2, 0.25) is 0 Å². The summed E-state index contributed by atoms with van der Waals surface area (Å²) in [6, 6.07) is 2.90. The van der Waals surface area contributed by atoms with Crippen molar-refractivity contribution in [3.8, 4) is 11.5 Å². The highest BCUT2D eigenvalue weighted by Crippen LogP contribution is 2.38. The fourth-order valence-electron chi connectivity index (χ4n) is 3.20. The van der Waals surface area contributed by atoms with Gasteiger partial charge in [0.05, 0.1) is 14.2 Å². The second-order valence-corrected chi connectivity index (χ2v) is 8.21. The van der Waals surface area contributed by atoms with Crippen molar-refractivity contribution in [2.75, 3.05) is 21.3 Å². The molecular weight excluding hydrogens is 358 g/mol. The molecule has 0 saturated heterocycles. The van der Waals surface area contributed by atoms with Crippen molar-refractivity contribution in [2.45, 2.75) is 43.0 Å². The zero-order valence-electron chi connectivity index (χ0n) is 15.3. The van der Waals surface area contributed by atoms with E-state index in [2.05, 4.69) is 0 Å². The molecule has 0 aliphatic heterocycles. The van der Waals surface area contributed by atoms with Gasteiger partial charge >= 0.3 is 5.97 Å². The highest BCUT2D eigenvalue weighted by Gasteiger charge is 2.32.